The van der Waals surface area contributed by atoms with E-state index in [0.717, 1.165) is 28.0 Å². The number of phenols is 1. The van der Waals surface area contributed by atoms with E-state index < -0.39 is 0 Å². The lowest BCUT2D eigenvalue weighted by molar-refractivity contribution is 0.477. The largest absolute Gasteiger partial charge is 0.507 e. The third-order valence-corrected chi connectivity index (χ3v) is 3.99. The first kappa shape index (κ1) is 12.0. The molecule has 4 heteroatoms. The number of aromatic hydroxyl groups is 1. The lowest BCUT2D eigenvalue weighted by Gasteiger charge is -2.11. The summed E-state index contributed by atoms with van der Waals surface area (Å²) in [6.45, 7) is 3.99. The van der Waals surface area contributed by atoms with Gasteiger partial charge in [0.2, 0.25) is 0 Å². The van der Waals surface area contributed by atoms with Crippen LogP contribution in [0.3, 0.4) is 0 Å². The second-order valence-electron chi connectivity index (χ2n) is 4.54. The Hall–Kier alpha value is -2.07. The summed E-state index contributed by atoms with van der Waals surface area (Å²) in [7, 11) is 0. The Labute approximate surface area is 113 Å². The summed E-state index contributed by atoms with van der Waals surface area (Å²) >= 11 is 0.996. The quantitative estimate of drug-likeness (QED) is 0.732. The van der Waals surface area contributed by atoms with Crippen LogP contribution >= 0.6 is 11.3 Å². The van der Waals surface area contributed by atoms with Crippen molar-refractivity contribution in [2.45, 2.75) is 13.8 Å². The standard InChI is InChI=1S/C15H12O3S/c1-8-4-3-5-9(2)14(8)10-6-12-13(7-11(10)16)19-15(17)18-12/h3-7,16H,1-2H3. The van der Waals surface area contributed by atoms with Crippen LogP contribution in [0, 0.1) is 13.8 Å². The zero-order valence-corrected chi connectivity index (χ0v) is 11.4. The number of fused-ring (bicyclic) bond motifs is 1. The molecule has 0 radical (unpaired) electrons. The molecular formula is C15H12O3S. The van der Waals surface area contributed by atoms with Gasteiger partial charge in [-0.2, -0.15) is 0 Å². The Morgan fingerprint density at radius 3 is 2.53 bits per heavy atom. The first-order valence-corrected chi connectivity index (χ1v) is 6.71. The predicted octanol–water partition coefficient (Wildman–Crippen LogP) is 3.84. The van der Waals surface area contributed by atoms with Crippen molar-refractivity contribution in [3.05, 3.63) is 51.2 Å². The van der Waals surface area contributed by atoms with E-state index in [-0.39, 0.29) is 10.7 Å². The highest BCUT2D eigenvalue weighted by atomic mass is 32.1. The molecule has 0 aliphatic carbocycles. The maximum Gasteiger partial charge on any atom is 0.396 e. The third kappa shape index (κ3) is 1.94. The van der Waals surface area contributed by atoms with Crippen molar-refractivity contribution in [3.63, 3.8) is 0 Å². The molecule has 0 amide bonds. The van der Waals surface area contributed by atoms with E-state index in [0.29, 0.717) is 15.8 Å². The first-order valence-electron chi connectivity index (χ1n) is 5.89. The number of phenolic OH excluding ortho intramolecular Hbond substituents is 1. The molecule has 0 aliphatic heterocycles. The molecule has 2 aromatic carbocycles. The maximum absolute atomic E-state index is 11.3. The maximum atomic E-state index is 11.3. The van der Waals surface area contributed by atoms with Gasteiger partial charge in [-0.3, -0.25) is 0 Å². The van der Waals surface area contributed by atoms with Crippen LogP contribution in [0.15, 0.2) is 39.5 Å². The molecule has 0 saturated carbocycles. The van der Waals surface area contributed by atoms with Crippen molar-refractivity contribution in [2.75, 3.05) is 0 Å². The molecule has 1 N–H and O–H groups in total. The molecule has 19 heavy (non-hydrogen) atoms. The van der Waals surface area contributed by atoms with Crippen LogP contribution in [0.2, 0.25) is 0 Å². The van der Waals surface area contributed by atoms with Gasteiger partial charge in [-0.1, -0.05) is 29.5 Å². The monoisotopic (exact) mass is 272 g/mol. The summed E-state index contributed by atoms with van der Waals surface area (Å²) in [4.78, 5) is 10.9. The van der Waals surface area contributed by atoms with Crippen LogP contribution in [0.1, 0.15) is 11.1 Å². The van der Waals surface area contributed by atoms with Gasteiger partial charge in [0.1, 0.15) is 11.3 Å². The SMILES string of the molecule is Cc1cccc(C)c1-c1cc2oc(=O)sc2cc1O. The Morgan fingerprint density at radius 2 is 1.84 bits per heavy atom. The second-order valence-corrected chi connectivity index (χ2v) is 5.51. The summed E-state index contributed by atoms with van der Waals surface area (Å²) in [5, 5.41) is 10.2. The minimum absolute atomic E-state index is 0.168. The van der Waals surface area contributed by atoms with Crippen LogP contribution in [0.5, 0.6) is 5.75 Å². The van der Waals surface area contributed by atoms with E-state index in [1.165, 1.54) is 0 Å². The zero-order valence-electron chi connectivity index (χ0n) is 10.6. The van der Waals surface area contributed by atoms with Gasteiger partial charge in [-0.05, 0) is 36.6 Å². The lowest BCUT2D eigenvalue weighted by Crippen LogP contribution is -1.88. The number of aryl methyl sites for hydroxylation is 2. The van der Waals surface area contributed by atoms with Gasteiger partial charge in [0.05, 0.1) is 4.70 Å². The highest BCUT2D eigenvalue weighted by molar-refractivity contribution is 7.16. The fourth-order valence-corrected chi connectivity index (χ4v) is 3.03. The summed E-state index contributed by atoms with van der Waals surface area (Å²) in [6.07, 6.45) is 0. The number of hydrogen-bond donors (Lipinski definition) is 1. The highest BCUT2D eigenvalue weighted by Gasteiger charge is 2.13. The second kappa shape index (κ2) is 4.24. The van der Waals surface area contributed by atoms with Crippen LogP contribution in [0.4, 0.5) is 0 Å². The molecule has 0 aliphatic rings. The van der Waals surface area contributed by atoms with Crippen LogP contribution < -0.4 is 4.94 Å². The van der Waals surface area contributed by atoms with Gasteiger partial charge < -0.3 is 9.52 Å². The normalized spacial score (nSPS) is 11.1. The molecule has 96 valence electrons. The van der Waals surface area contributed by atoms with Gasteiger partial charge in [0, 0.05) is 11.6 Å². The van der Waals surface area contributed by atoms with Gasteiger partial charge >= 0.3 is 4.94 Å². The smallest absolute Gasteiger partial charge is 0.396 e. The van der Waals surface area contributed by atoms with Crippen molar-refractivity contribution >= 4 is 21.6 Å². The third-order valence-electron chi connectivity index (χ3n) is 3.20. The van der Waals surface area contributed by atoms with E-state index in [2.05, 4.69) is 0 Å². The molecule has 0 saturated heterocycles. The highest BCUT2D eigenvalue weighted by Crippen LogP contribution is 2.37. The van der Waals surface area contributed by atoms with Gasteiger partial charge in [0.15, 0.2) is 0 Å². The minimum atomic E-state index is -0.354. The van der Waals surface area contributed by atoms with Crippen LogP contribution in [-0.2, 0) is 0 Å². The molecule has 3 nitrogen and oxygen atoms in total. The summed E-state index contributed by atoms with van der Waals surface area (Å²) in [5.41, 5.74) is 4.35. The summed E-state index contributed by atoms with van der Waals surface area (Å²) in [6, 6.07) is 9.30. The van der Waals surface area contributed by atoms with Crippen LogP contribution in [-0.4, -0.2) is 5.11 Å². The fraction of sp³-hybridized carbons (Fsp3) is 0.133. The fourth-order valence-electron chi connectivity index (χ4n) is 2.35. The molecule has 0 unspecified atom stereocenters. The van der Waals surface area contributed by atoms with Gasteiger partial charge in [-0.15, -0.1) is 0 Å². The van der Waals surface area contributed by atoms with Crippen molar-refractivity contribution in [1.82, 2.24) is 0 Å². The van der Waals surface area contributed by atoms with Gasteiger partial charge in [-0.25, -0.2) is 4.79 Å². The molecule has 1 aromatic heterocycles. The topological polar surface area (TPSA) is 50.4 Å². The Kier molecular flexibility index (Phi) is 2.68. The van der Waals surface area contributed by atoms with E-state index in [4.69, 9.17) is 4.42 Å². The average molecular weight is 272 g/mol. The Morgan fingerprint density at radius 1 is 1.16 bits per heavy atom. The van der Waals surface area contributed by atoms with Gasteiger partial charge in [0.25, 0.3) is 0 Å². The molecule has 3 aromatic rings. The molecular weight excluding hydrogens is 260 g/mol. The summed E-state index contributed by atoms with van der Waals surface area (Å²) < 4.78 is 5.78. The van der Waals surface area contributed by atoms with Crippen molar-refractivity contribution < 1.29 is 9.52 Å². The molecule has 0 fully saturated rings. The van der Waals surface area contributed by atoms with E-state index in [1.807, 2.05) is 32.0 Å². The molecule has 0 bridgehead atoms. The van der Waals surface area contributed by atoms with Crippen molar-refractivity contribution in [3.8, 4) is 16.9 Å². The van der Waals surface area contributed by atoms with Crippen molar-refractivity contribution in [2.24, 2.45) is 0 Å². The zero-order chi connectivity index (χ0) is 13.6. The molecule has 3 rings (SSSR count). The number of rotatable bonds is 1. The van der Waals surface area contributed by atoms with Crippen molar-refractivity contribution in [1.29, 1.82) is 0 Å². The van der Waals surface area contributed by atoms with E-state index >= 15 is 0 Å². The number of benzene rings is 2. The van der Waals surface area contributed by atoms with E-state index in [1.54, 1.807) is 12.1 Å². The lowest BCUT2D eigenvalue weighted by atomic mass is 9.95. The van der Waals surface area contributed by atoms with Crippen LogP contribution in [0.25, 0.3) is 21.4 Å². The summed E-state index contributed by atoms with van der Waals surface area (Å²) in [5.74, 6) is 0.168. The molecule has 1 heterocycles. The Bertz CT molecular complexity index is 807. The molecule has 0 atom stereocenters. The predicted molar refractivity (Wildman–Crippen MR) is 76.9 cm³/mol. The van der Waals surface area contributed by atoms with E-state index in [9.17, 15) is 9.90 Å². The minimum Gasteiger partial charge on any atom is -0.507 e. The first-order chi connectivity index (χ1) is 9.06. The average Bonchev–Trinajstić information content (AvgIpc) is 2.68. The molecule has 0 spiro atoms. The Balaban J connectivity index is 2.36. The number of hydrogen-bond acceptors (Lipinski definition) is 4.